The number of esters is 1. The van der Waals surface area contributed by atoms with Crippen molar-refractivity contribution in [2.24, 2.45) is 0 Å². The Balaban J connectivity index is 2.10. The number of hydrogen-bond donors (Lipinski definition) is 1. The van der Waals surface area contributed by atoms with Crippen molar-refractivity contribution in [3.05, 3.63) is 59.2 Å². The van der Waals surface area contributed by atoms with Crippen LogP contribution in [-0.2, 0) is 9.53 Å². The van der Waals surface area contributed by atoms with Crippen molar-refractivity contribution >= 4 is 17.6 Å². The zero-order valence-electron chi connectivity index (χ0n) is 14.2. The molecule has 0 saturated heterocycles. The van der Waals surface area contributed by atoms with Gasteiger partial charge in [-0.25, -0.2) is 4.79 Å². The van der Waals surface area contributed by atoms with Gasteiger partial charge in [0.2, 0.25) is 0 Å². The lowest BCUT2D eigenvalue weighted by molar-refractivity contribution is -0.122. The van der Waals surface area contributed by atoms with E-state index in [1.165, 1.54) is 7.11 Å². The maximum atomic E-state index is 12.4. The molecule has 0 bridgehead atoms. The molecule has 0 fully saturated rings. The Hall–Kier alpha value is -3.33. The molecule has 0 aliphatic heterocycles. The van der Waals surface area contributed by atoms with Crippen molar-refractivity contribution < 1.29 is 19.1 Å². The lowest BCUT2D eigenvalue weighted by Gasteiger charge is -2.16. The predicted octanol–water partition coefficient (Wildman–Crippen LogP) is 3.06. The fourth-order valence-corrected chi connectivity index (χ4v) is 2.13. The summed E-state index contributed by atoms with van der Waals surface area (Å²) in [7, 11) is 1.30. The number of anilines is 1. The first kappa shape index (κ1) is 18.0. The van der Waals surface area contributed by atoms with Crippen LogP contribution in [0.2, 0.25) is 0 Å². The quantitative estimate of drug-likeness (QED) is 0.847. The van der Waals surface area contributed by atoms with E-state index >= 15 is 0 Å². The van der Waals surface area contributed by atoms with Crippen LogP contribution in [0.4, 0.5) is 5.69 Å². The summed E-state index contributed by atoms with van der Waals surface area (Å²) in [5, 5.41) is 11.6. The zero-order chi connectivity index (χ0) is 18.4. The van der Waals surface area contributed by atoms with Crippen LogP contribution in [0.25, 0.3) is 0 Å². The number of benzene rings is 2. The largest absolute Gasteiger partial charge is 0.481 e. The zero-order valence-corrected chi connectivity index (χ0v) is 14.2. The van der Waals surface area contributed by atoms with E-state index in [4.69, 9.17) is 10.00 Å². The molecule has 1 N–H and O–H groups in total. The molecule has 6 nitrogen and oxygen atoms in total. The highest BCUT2D eigenvalue weighted by atomic mass is 16.5. The molecule has 25 heavy (non-hydrogen) atoms. The van der Waals surface area contributed by atoms with Gasteiger partial charge in [-0.2, -0.15) is 5.26 Å². The Labute approximate surface area is 146 Å². The first-order valence-electron chi connectivity index (χ1n) is 7.61. The molecule has 0 saturated carbocycles. The number of methoxy groups -OCH3 is 1. The van der Waals surface area contributed by atoms with Crippen molar-refractivity contribution in [1.82, 2.24) is 0 Å². The maximum absolute atomic E-state index is 12.4. The summed E-state index contributed by atoms with van der Waals surface area (Å²) < 4.78 is 10.3. The third kappa shape index (κ3) is 4.58. The van der Waals surface area contributed by atoms with Crippen LogP contribution in [0.5, 0.6) is 5.75 Å². The number of rotatable bonds is 5. The standard InChI is InChI=1S/C19H18N2O4/c1-12-7-8-15(19(23)24-3)10-17(12)21-18(22)13(2)25-16-6-4-5-14(9-16)11-20/h4-10,13H,1-3H3,(H,21,22). The highest BCUT2D eigenvalue weighted by Gasteiger charge is 2.17. The SMILES string of the molecule is COC(=O)c1ccc(C)c(NC(=O)C(C)Oc2cccc(C#N)c2)c1. The Morgan fingerprint density at radius 2 is 1.96 bits per heavy atom. The number of hydrogen-bond acceptors (Lipinski definition) is 5. The van der Waals surface area contributed by atoms with E-state index in [1.807, 2.05) is 13.0 Å². The molecule has 128 valence electrons. The average Bonchev–Trinajstić information content (AvgIpc) is 2.62. The van der Waals surface area contributed by atoms with Crippen LogP contribution >= 0.6 is 0 Å². The number of nitrogens with zero attached hydrogens (tertiary/aromatic N) is 1. The number of aryl methyl sites for hydroxylation is 1. The van der Waals surface area contributed by atoms with Gasteiger partial charge in [0.1, 0.15) is 5.75 Å². The molecule has 2 aromatic rings. The van der Waals surface area contributed by atoms with Gasteiger partial charge in [0.05, 0.1) is 24.3 Å². The number of ether oxygens (including phenoxy) is 2. The molecule has 2 aromatic carbocycles. The van der Waals surface area contributed by atoms with Crippen LogP contribution in [0.15, 0.2) is 42.5 Å². The Morgan fingerprint density at radius 3 is 2.64 bits per heavy atom. The average molecular weight is 338 g/mol. The molecule has 0 aliphatic carbocycles. The summed E-state index contributed by atoms with van der Waals surface area (Å²) in [5.41, 5.74) is 2.11. The summed E-state index contributed by atoms with van der Waals surface area (Å²) in [4.78, 5) is 24.0. The van der Waals surface area contributed by atoms with Gasteiger partial charge in [-0.1, -0.05) is 12.1 Å². The Bertz CT molecular complexity index is 840. The lowest BCUT2D eigenvalue weighted by Crippen LogP contribution is -2.30. The van der Waals surface area contributed by atoms with Crippen LogP contribution in [-0.4, -0.2) is 25.1 Å². The summed E-state index contributed by atoms with van der Waals surface area (Å²) in [6.07, 6.45) is -0.782. The second-order valence-electron chi connectivity index (χ2n) is 5.41. The van der Waals surface area contributed by atoms with Gasteiger partial charge in [-0.05, 0) is 49.7 Å². The summed E-state index contributed by atoms with van der Waals surface area (Å²) in [6.45, 7) is 3.42. The van der Waals surface area contributed by atoms with Crippen molar-refractivity contribution in [1.29, 1.82) is 5.26 Å². The van der Waals surface area contributed by atoms with Crippen molar-refractivity contribution in [3.8, 4) is 11.8 Å². The molecular formula is C19H18N2O4. The smallest absolute Gasteiger partial charge is 0.337 e. The van der Waals surface area contributed by atoms with Crippen LogP contribution in [0, 0.1) is 18.3 Å². The number of nitrogens with one attached hydrogen (secondary N) is 1. The van der Waals surface area contributed by atoms with Crippen LogP contribution in [0.3, 0.4) is 0 Å². The molecule has 1 atom stereocenters. The van der Waals surface area contributed by atoms with E-state index < -0.39 is 12.1 Å². The monoisotopic (exact) mass is 338 g/mol. The first-order chi connectivity index (χ1) is 11.9. The fourth-order valence-electron chi connectivity index (χ4n) is 2.13. The second kappa shape index (κ2) is 7.97. The molecule has 6 heteroatoms. The molecular weight excluding hydrogens is 320 g/mol. The highest BCUT2D eigenvalue weighted by molar-refractivity contribution is 5.97. The van der Waals surface area contributed by atoms with E-state index in [0.717, 1.165) is 5.56 Å². The Morgan fingerprint density at radius 1 is 1.20 bits per heavy atom. The van der Waals surface area contributed by atoms with Crippen molar-refractivity contribution in [3.63, 3.8) is 0 Å². The second-order valence-corrected chi connectivity index (χ2v) is 5.41. The summed E-state index contributed by atoms with van der Waals surface area (Å²) in [6, 6.07) is 13.5. The molecule has 0 radical (unpaired) electrons. The molecule has 0 aromatic heterocycles. The number of amides is 1. The molecule has 1 unspecified atom stereocenters. The van der Waals surface area contributed by atoms with Gasteiger partial charge in [-0.15, -0.1) is 0 Å². The van der Waals surface area contributed by atoms with E-state index in [9.17, 15) is 9.59 Å². The summed E-state index contributed by atoms with van der Waals surface area (Å²) in [5.74, 6) is -0.415. The van der Waals surface area contributed by atoms with Crippen LogP contribution in [0.1, 0.15) is 28.4 Å². The lowest BCUT2D eigenvalue weighted by atomic mass is 10.1. The van der Waals surface area contributed by atoms with Gasteiger partial charge in [-0.3, -0.25) is 4.79 Å². The molecule has 2 rings (SSSR count). The third-order valence-corrected chi connectivity index (χ3v) is 3.56. The molecule has 0 aliphatic rings. The minimum absolute atomic E-state index is 0.346. The van der Waals surface area contributed by atoms with E-state index in [0.29, 0.717) is 22.6 Å². The molecule has 0 spiro atoms. The molecule has 1 amide bonds. The van der Waals surface area contributed by atoms with E-state index in [2.05, 4.69) is 10.1 Å². The number of carbonyl (C=O) groups is 2. The predicted molar refractivity (Wildman–Crippen MR) is 92.4 cm³/mol. The first-order valence-corrected chi connectivity index (χ1v) is 7.61. The van der Waals surface area contributed by atoms with Crippen molar-refractivity contribution in [2.45, 2.75) is 20.0 Å². The maximum Gasteiger partial charge on any atom is 0.337 e. The number of carbonyl (C=O) groups excluding carboxylic acids is 2. The third-order valence-electron chi connectivity index (χ3n) is 3.56. The molecule has 0 heterocycles. The fraction of sp³-hybridized carbons (Fsp3) is 0.211. The van der Waals surface area contributed by atoms with Crippen molar-refractivity contribution in [2.75, 3.05) is 12.4 Å². The van der Waals surface area contributed by atoms with E-state index in [-0.39, 0.29) is 5.91 Å². The highest BCUT2D eigenvalue weighted by Crippen LogP contribution is 2.19. The van der Waals surface area contributed by atoms with Gasteiger partial charge in [0.15, 0.2) is 6.10 Å². The number of nitriles is 1. The van der Waals surface area contributed by atoms with E-state index in [1.54, 1.807) is 49.4 Å². The van der Waals surface area contributed by atoms with Gasteiger partial charge in [0, 0.05) is 5.69 Å². The summed E-state index contributed by atoms with van der Waals surface area (Å²) >= 11 is 0. The minimum Gasteiger partial charge on any atom is -0.481 e. The normalized spacial score (nSPS) is 11.1. The van der Waals surface area contributed by atoms with Gasteiger partial charge >= 0.3 is 5.97 Å². The van der Waals surface area contributed by atoms with Crippen LogP contribution < -0.4 is 10.1 Å². The van der Waals surface area contributed by atoms with Gasteiger partial charge < -0.3 is 14.8 Å². The van der Waals surface area contributed by atoms with Gasteiger partial charge in [0.25, 0.3) is 5.91 Å². The topological polar surface area (TPSA) is 88.4 Å². The minimum atomic E-state index is -0.782. The Kier molecular flexibility index (Phi) is 5.75.